The maximum Gasteiger partial charge on any atom is 0.411 e. The van der Waals surface area contributed by atoms with Gasteiger partial charge in [-0.3, -0.25) is 4.79 Å². The van der Waals surface area contributed by atoms with Crippen molar-refractivity contribution in [1.82, 2.24) is 10.2 Å². The van der Waals surface area contributed by atoms with Gasteiger partial charge in [-0.05, 0) is 20.0 Å². The summed E-state index contributed by atoms with van der Waals surface area (Å²) in [6.45, 7) is 6.71. The Labute approximate surface area is 105 Å². The second-order valence-corrected chi connectivity index (χ2v) is 3.89. The summed E-state index contributed by atoms with van der Waals surface area (Å²) in [6, 6.07) is 0. The largest absolute Gasteiger partial charge is 0.411 e. The number of carbonyl (C=O) groups excluding carboxylic acids is 1. The van der Waals surface area contributed by atoms with Crippen molar-refractivity contribution >= 4 is 5.91 Å². The maximum atomic E-state index is 11.9. The van der Waals surface area contributed by atoms with Gasteiger partial charge in [-0.15, -0.1) is 0 Å². The molecule has 0 aliphatic carbocycles. The molecule has 0 aromatic heterocycles. The van der Waals surface area contributed by atoms with Crippen LogP contribution in [0.5, 0.6) is 0 Å². The molecule has 0 spiro atoms. The van der Waals surface area contributed by atoms with Gasteiger partial charge in [0.2, 0.25) is 5.91 Å². The number of alkyl halides is 3. The van der Waals surface area contributed by atoms with Gasteiger partial charge in [0.05, 0.1) is 0 Å². The van der Waals surface area contributed by atoms with Crippen LogP contribution in [0.3, 0.4) is 0 Å². The van der Waals surface area contributed by atoms with Gasteiger partial charge in [0.25, 0.3) is 0 Å². The van der Waals surface area contributed by atoms with Gasteiger partial charge in [-0.1, -0.05) is 13.8 Å². The normalized spacial score (nSPS) is 13.7. The van der Waals surface area contributed by atoms with Crippen LogP contribution in [0.15, 0.2) is 0 Å². The molecule has 0 bridgehead atoms. The lowest BCUT2D eigenvalue weighted by molar-refractivity contribution is -0.185. The summed E-state index contributed by atoms with van der Waals surface area (Å²) < 4.78 is 40.0. The third kappa shape index (κ3) is 8.30. The average molecular weight is 270 g/mol. The second kappa shape index (κ2) is 8.31. The van der Waals surface area contributed by atoms with Crippen LogP contribution in [-0.4, -0.2) is 55.9 Å². The van der Waals surface area contributed by atoms with Gasteiger partial charge in [0, 0.05) is 13.1 Å². The van der Waals surface area contributed by atoms with E-state index in [1.165, 1.54) is 6.92 Å². The molecule has 0 heterocycles. The summed E-state index contributed by atoms with van der Waals surface area (Å²) in [4.78, 5) is 13.5. The molecule has 0 aromatic carbocycles. The zero-order chi connectivity index (χ0) is 14.2. The molecule has 108 valence electrons. The van der Waals surface area contributed by atoms with Gasteiger partial charge in [-0.25, -0.2) is 0 Å². The monoisotopic (exact) mass is 270 g/mol. The van der Waals surface area contributed by atoms with Crippen LogP contribution >= 0.6 is 0 Å². The number of nitrogens with one attached hydrogen (secondary N) is 1. The number of nitrogens with zero attached hydrogens (tertiary/aromatic N) is 1. The highest BCUT2D eigenvalue weighted by molar-refractivity contribution is 5.80. The third-order valence-electron chi connectivity index (χ3n) is 2.49. The molecule has 0 aliphatic heterocycles. The molecule has 1 N–H and O–H groups in total. The topological polar surface area (TPSA) is 41.6 Å². The van der Waals surface area contributed by atoms with E-state index in [0.29, 0.717) is 13.1 Å². The first-order valence-corrected chi connectivity index (χ1v) is 5.98. The first-order valence-electron chi connectivity index (χ1n) is 5.98. The summed E-state index contributed by atoms with van der Waals surface area (Å²) in [5.74, 6) is -0.522. The summed E-state index contributed by atoms with van der Waals surface area (Å²) in [5.41, 5.74) is 0. The lowest BCUT2D eigenvalue weighted by atomic mass is 10.3. The van der Waals surface area contributed by atoms with Gasteiger partial charge in [-0.2, -0.15) is 13.2 Å². The number of likely N-dealkylation sites (N-methyl/N-ethyl adjacent to an activating group) is 1. The van der Waals surface area contributed by atoms with Gasteiger partial charge in [0.15, 0.2) is 0 Å². The SMILES string of the molecule is CCN(CC)CCNC(=O)[C@H](C)OCC(F)(F)F. The molecule has 7 heteroatoms. The molecule has 1 amide bonds. The highest BCUT2D eigenvalue weighted by Gasteiger charge is 2.29. The smallest absolute Gasteiger partial charge is 0.359 e. The molecule has 0 saturated heterocycles. The number of amides is 1. The number of ether oxygens (including phenoxy) is 1. The van der Waals surface area contributed by atoms with Crippen LogP contribution in [0.1, 0.15) is 20.8 Å². The van der Waals surface area contributed by atoms with Crippen molar-refractivity contribution in [2.75, 3.05) is 32.8 Å². The Balaban J connectivity index is 3.81. The van der Waals surface area contributed by atoms with Crippen LogP contribution in [0, 0.1) is 0 Å². The second-order valence-electron chi connectivity index (χ2n) is 3.89. The molecular weight excluding hydrogens is 249 g/mol. The summed E-state index contributed by atoms with van der Waals surface area (Å²) >= 11 is 0. The lowest BCUT2D eigenvalue weighted by Crippen LogP contribution is -2.40. The summed E-state index contributed by atoms with van der Waals surface area (Å²) in [7, 11) is 0. The Kier molecular flexibility index (Phi) is 7.93. The van der Waals surface area contributed by atoms with Gasteiger partial charge >= 0.3 is 6.18 Å². The van der Waals surface area contributed by atoms with Crippen LogP contribution < -0.4 is 5.32 Å². The van der Waals surface area contributed by atoms with Crippen molar-refractivity contribution in [3.63, 3.8) is 0 Å². The van der Waals surface area contributed by atoms with Crippen molar-refractivity contribution in [1.29, 1.82) is 0 Å². The first-order chi connectivity index (χ1) is 8.30. The van der Waals surface area contributed by atoms with E-state index in [2.05, 4.69) is 15.0 Å². The highest BCUT2D eigenvalue weighted by atomic mass is 19.4. The van der Waals surface area contributed by atoms with Gasteiger partial charge < -0.3 is 15.0 Å². The van der Waals surface area contributed by atoms with Crippen molar-refractivity contribution < 1.29 is 22.7 Å². The van der Waals surface area contributed by atoms with E-state index >= 15 is 0 Å². The third-order valence-corrected chi connectivity index (χ3v) is 2.49. The van der Waals surface area contributed by atoms with E-state index in [1.54, 1.807) is 0 Å². The molecule has 0 aliphatic rings. The number of hydrogen-bond acceptors (Lipinski definition) is 3. The molecule has 0 aromatic rings. The Morgan fingerprint density at radius 3 is 2.33 bits per heavy atom. The molecule has 0 rings (SSSR count). The maximum absolute atomic E-state index is 11.9. The fourth-order valence-electron chi connectivity index (χ4n) is 1.32. The minimum atomic E-state index is -4.41. The van der Waals surface area contributed by atoms with Gasteiger partial charge in [0.1, 0.15) is 12.7 Å². The van der Waals surface area contributed by atoms with E-state index in [1.807, 2.05) is 13.8 Å². The standard InChI is InChI=1S/C11H21F3N2O2/c1-4-16(5-2)7-6-15-10(17)9(3)18-8-11(12,13)14/h9H,4-8H2,1-3H3,(H,15,17)/t9-/m0/s1. The quantitative estimate of drug-likeness (QED) is 0.725. The van der Waals surface area contributed by atoms with E-state index in [-0.39, 0.29) is 0 Å². The van der Waals surface area contributed by atoms with Crippen LogP contribution in [0.4, 0.5) is 13.2 Å². The molecule has 0 radical (unpaired) electrons. The predicted octanol–water partition coefficient (Wildman–Crippen LogP) is 1.41. The molecule has 0 saturated carbocycles. The summed E-state index contributed by atoms with van der Waals surface area (Å²) in [5, 5.41) is 2.54. The van der Waals surface area contributed by atoms with Crippen molar-refractivity contribution in [3.8, 4) is 0 Å². The van der Waals surface area contributed by atoms with E-state index in [9.17, 15) is 18.0 Å². The molecule has 18 heavy (non-hydrogen) atoms. The van der Waals surface area contributed by atoms with Crippen LogP contribution in [-0.2, 0) is 9.53 Å². The van der Waals surface area contributed by atoms with Crippen molar-refractivity contribution in [2.45, 2.75) is 33.1 Å². The minimum absolute atomic E-state index is 0.403. The Bertz CT molecular complexity index is 243. The number of carbonyl (C=O) groups is 1. The van der Waals surface area contributed by atoms with E-state index in [4.69, 9.17) is 0 Å². The van der Waals surface area contributed by atoms with Crippen LogP contribution in [0.2, 0.25) is 0 Å². The Morgan fingerprint density at radius 1 is 1.33 bits per heavy atom. The van der Waals surface area contributed by atoms with E-state index in [0.717, 1.165) is 13.1 Å². The molecule has 1 atom stereocenters. The fourth-order valence-corrected chi connectivity index (χ4v) is 1.32. The van der Waals surface area contributed by atoms with Crippen molar-refractivity contribution in [2.24, 2.45) is 0 Å². The van der Waals surface area contributed by atoms with E-state index < -0.39 is 24.8 Å². The summed E-state index contributed by atoms with van der Waals surface area (Å²) in [6.07, 6.45) is -5.50. The Hall–Kier alpha value is -0.820. The zero-order valence-corrected chi connectivity index (χ0v) is 11.0. The molecule has 4 nitrogen and oxygen atoms in total. The molecule has 0 fully saturated rings. The zero-order valence-electron chi connectivity index (χ0n) is 11.0. The number of halogens is 3. The molecular formula is C11H21F3N2O2. The number of rotatable bonds is 8. The van der Waals surface area contributed by atoms with Crippen LogP contribution in [0.25, 0.3) is 0 Å². The molecule has 0 unspecified atom stereocenters. The Morgan fingerprint density at radius 2 is 1.89 bits per heavy atom. The highest BCUT2D eigenvalue weighted by Crippen LogP contribution is 2.15. The lowest BCUT2D eigenvalue weighted by Gasteiger charge is -2.19. The predicted molar refractivity (Wildman–Crippen MR) is 62.3 cm³/mol. The first kappa shape index (κ1) is 17.2. The van der Waals surface area contributed by atoms with Crippen molar-refractivity contribution in [3.05, 3.63) is 0 Å². The number of hydrogen-bond donors (Lipinski definition) is 1. The average Bonchev–Trinajstić information content (AvgIpc) is 2.30. The fraction of sp³-hybridized carbons (Fsp3) is 0.909. The minimum Gasteiger partial charge on any atom is -0.359 e.